The van der Waals surface area contributed by atoms with Gasteiger partial charge in [-0.1, -0.05) is 36.4 Å². The number of hydrogen-bond acceptors (Lipinski definition) is 3. The molecule has 1 heterocycles. The van der Waals surface area contributed by atoms with E-state index in [1.165, 1.54) is 0 Å². The molecular weight excluding hydrogens is 324 g/mol. The summed E-state index contributed by atoms with van der Waals surface area (Å²) in [6.45, 7) is 0. The van der Waals surface area contributed by atoms with E-state index in [4.69, 9.17) is 5.11 Å². The van der Waals surface area contributed by atoms with Gasteiger partial charge in [0, 0.05) is 23.5 Å². The van der Waals surface area contributed by atoms with E-state index >= 15 is 0 Å². The lowest BCUT2D eigenvalue weighted by Gasteiger charge is -2.25. The van der Waals surface area contributed by atoms with Gasteiger partial charge >= 0.3 is 5.97 Å². The molecule has 1 atom stereocenters. The second-order valence-electron chi connectivity index (χ2n) is 6.30. The number of carboxylic acids is 1. The molecule has 1 aliphatic heterocycles. The van der Waals surface area contributed by atoms with E-state index in [2.05, 4.69) is 30.4 Å². The van der Waals surface area contributed by atoms with Gasteiger partial charge in [-0.25, -0.2) is 4.79 Å². The number of nitrogens with zero attached hydrogens (tertiary/aromatic N) is 2. The Morgan fingerprint density at radius 2 is 1.85 bits per heavy atom. The molecule has 4 heteroatoms. The van der Waals surface area contributed by atoms with Gasteiger partial charge in [-0.15, -0.1) is 0 Å². The Morgan fingerprint density at radius 1 is 1.12 bits per heavy atom. The summed E-state index contributed by atoms with van der Waals surface area (Å²) in [5.74, 6) is -0.901. The van der Waals surface area contributed by atoms with Crippen LogP contribution in [0.5, 0.6) is 0 Å². The minimum absolute atomic E-state index is 0.0478. The van der Waals surface area contributed by atoms with Gasteiger partial charge in [0.25, 0.3) is 0 Å². The molecule has 1 aliphatic carbocycles. The summed E-state index contributed by atoms with van der Waals surface area (Å²) in [6.07, 6.45) is 6.92. The van der Waals surface area contributed by atoms with Crippen LogP contribution < -0.4 is 4.90 Å². The third-order valence-electron chi connectivity index (χ3n) is 4.78. The fourth-order valence-corrected chi connectivity index (χ4v) is 3.44. The second-order valence-corrected chi connectivity index (χ2v) is 6.30. The number of nitriles is 1. The first kappa shape index (κ1) is 15.9. The van der Waals surface area contributed by atoms with E-state index in [1.54, 1.807) is 24.3 Å². The Hall–Kier alpha value is -3.58. The fourth-order valence-electron chi connectivity index (χ4n) is 3.44. The number of carboxylic acid groups (broad SMARTS) is 1. The number of aromatic carboxylic acids is 1. The highest BCUT2D eigenvalue weighted by molar-refractivity contribution is 5.88. The van der Waals surface area contributed by atoms with Crippen LogP contribution in [0.25, 0.3) is 5.57 Å². The highest BCUT2D eigenvalue weighted by atomic mass is 16.4. The second kappa shape index (κ2) is 6.38. The topological polar surface area (TPSA) is 64.3 Å². The summed E-state index contributed by atoms with van der Waals surface area (Å²) >= 11 is 0. The molecule has 0 bridgehead atoms. The Labute approximate surface area is 151 Å². The van der Waals surface area contributed by atoms with Crippen molar-refractivity contribution in [2.75, 3.05) is 4.90 Å². The highest BCUT2D eigenvalue weighted by Gasteiger charge is 2.32. The first-order chi connectivity index (χ1) is 12.7. The van der Waals surface area contributed by atoms with Crippen molar-refractivity contribution in [1.29, 1.82) is 5.26 Å². The van der Waals surface area contributed by atoms with Crippen LogP contribution in [0.2, 0.25) is 0 Å². The van der Waals surface area contributed by atoms with Gasteiger partial charge < -0.3 is 10.0 Å². The van der Waals surface area contributed by atoms with Crippen LogP contribution >= 0.6 is 0 Å². The molecule has 4 rings (SSSR count). The number of fused-ring (bicyclic) bond motifs is 1. The molecule has 2 aliphatic rings. The van der Waals surface area contributed by atoms with Crippen LogP contribution in [0.15, 0.2) is 84.2 Å². The van der Waals surface area contributed by atoms with Crippen molar-refractivity contribution in [3.63, 3.8) is 0 Å². The smallest absolute Gasteiger partial charge is 0.335 e. The summed E-state index contributed by atoms with van der Waals surface area (Å²) in [7, 11) is 0. The minimum atomic E-state index is -0.949. The molecule has 0 spiro atoms. The Bertz CT molecular complexity index is 993. The van der Waals surface area contributed by atoms with Crippen LogP contribution in [0.3, 0.4) is 0 Å². The zero-order valence-electron chi connectivity index (χ0n) is 14.0. The molecule has 2 aromatic carbocycles. The van der Waals surface area contributed by atoms with Crippen LogP contribution in [-0.4, -0.2) is 11.1 Å². The first-order valence-electron chi connectivity index (χ1n) is 8.39. The average Bonchev–Trinajstić information content (AvgIpc) is 3.06. The molecule has 1 unspecified atom stereocenters. The van der Waals surface area contributed by atoms with Crippen molar-refractivity contribution in [3.05, 3.63) is 95.3 Å². The number of rotatable bonds is 3. The summed E-state index contributed by atoms with van der Waals surface area (Å²) < 4.78 is 0. The number of carbonyl (C=O) groups is 1. The summed E-state index contributed by atoms with van der Waals surface area (Å²) in [4.78, 5) is 13.1. The van der Waals surface area contributed by atoms with Gasteiger partial charge in [0.1, 0.15) is 0 Å². The van der Waals surface area contributed by atoms with E-state index in [9.17, 15) is 10.1 Å². The maximum absolute atomic E-state index is 11.1. The third kappa shape index (κ3) is 2.70. The van der Waals surface area contributed by atoms with Crippen LogP contribution in [0.1, 0.15) is 22.3 Å². The zero-order valence-corrected chi connectivity index (χ0v) is 14.0. The lowest BCUT2D eigenvalue weighted by Crippen LogP contribution is -2.17. The van der Waals surface area contributed by atoms with Gasteiger partial charge in [0.2, 0.25) is 0 Å². The van der Waals surface area contributed by atoms with Crippen molar-refractivity contribution >= 4 is 17.2 Å². The predicted octanol–water partition coefficient (Wildman–Crippen LogP) is 4.60. The van der Waals surface area contributed by atoms with Crippen molar-refractivity contribution in [2.24, 2.45) is 5.92 Å². The van der Waals surface area contributed by atoms with Crippen LogP contribution in [0.4, 0.5) is 5.69 Å². The summed E-state index contributed by atoms with van der Waals surface area (Å²) in [6, 6.07) is 19.2. The molecule has 126 valence electrons. The van der Waals surface area contributed by atoms with Gasteiger partial charge in [-0.2, -0.15) is 5.26 Å². The van der Waals surface area contributed by atoms with Gasteiger partial charge in [-0.3, -0.25) is 0 Å². The average molecular weight is 340 g/mol. The molecule has 2 aromatic rings. The Morgan fingerprint density at radius 3 is 2.50 bits per heavy atom. The molecule has 0 amide bonds. The lowest BCUT2D eigenvalue weighted by molar-refractivity contribution is 0.0697. The molecule has 26 heavy (non-hydrogen) atoms. The Balaban J connectivity index is 1.73. The van der Waals surface area contributed by atoms with Crippen molar-refractivity contribution in [3.8, 4) is 6.07 Å². The van der Waals surface area contributed by atoms with E-state index in [0.717, 1.165) is 34.5 Å². The maximum Gasteiger partial charge on any atom is 0.335 e. The van der Waals surface area contributed by atoms with E-state index < -0.39 is 5.97 Å². The molecule has 1 N–H and O–H groups in total. The van der Waals surface area contributed by atoms with Crippen LogP contribution in [-0.2, 0) is 0 Å². The van der Waals surface area contributed by atoms with Crippen LogP contribution in [0, 0.1) is 17.2 Å². The van der Waals surface area contributed by atoms with E-state index in [0.29, 0.717) is 0 Å². The molecule has 0 radical (unpaired) electrons. The van der Waals surface area contributed by atoms with Crippen molar-refractivity contribution in [1.82, 2.24) is 0 Å². The molecule has 0 aromatic heterocycles. The highest BCUT2D eigenvalue weighted by Crippen LogP contribution is 2.42. The van der Waals surface area contributed by atoms with E-state index in [1.807, 2.05) is 29.3 Å². The number of hydrogen-bond donors (Lipinski definition) is 1. The molecule has 0 saturated heterocycles. The van der Waals surface area contributed by atoms with Gasteiger partial charge in [0.05, 0.1) is 17.2 Å². The molecular formula is C22H16N2O2. The minimum Gasteiger partial charge on any atom is -0.478 e. The van der Waals surface area contributed by atoms with Gasteiger partial charge in [0.15, 0.2) is 0 Å². The van der Waals surface area contributed by atoms with Crippen molar-refractivity contribution in [2.45, 2.75) is 6.42 Å². The summed E-state index contributed by atoms with van der Waals surface area (Å²) in [5, 5.41) is 18.6. The zero-order chi connectivity index (χ0) is 18.1. The van der Waals surface area contributed by atoms with E-state index in [-0.39, 0.29) is 11.5 Å². The number of allylic oxidation sites excluding steroid dienone is 4. The largest absolute Gasteiger partial charge is 0.478 e. The molecule has 4 nitrogen and oxygen atoms in total. The Kier molecular flexibility index (Phi) is 3.91. The molecule has 0 fully saturated rings. The standard InChI is InChI=1S/C22H16N2O2/c23-13-18-14-24(19-9-6-16(7-10-19)22(25)26)21-12-17(8-11-20(18)21)15-4-2-1-3-5-15/h1-10,12,14,20H,11H2,(H,25,26). The van der Waals surface area contributed by atoms with Crippen molar-refractivity contribution < 1.29 is 9.90 Å². The quantitative estimate of drug-likeness (QED) is 0.887. The number of anilines is 1. The molecule has 0 saturated carbocycles. The maximum atomic E-state index is 11.1. The lowest BCUT2D eigenvalue weighted by atomic mass is 9.87. The monoisotopic (exact) mass is 340 g/mol. The fraction of sp³-hybridized carbons (Fsp3) is 0.0909. The van der Waals surface area contributed by atoms with Gasteiger partial charge in [-0.05, 0) is 47.9 Å². The first-order valence-corrected chi connectivity index (χ1v) is 8.39. The predicted molar refractivity (Wildman–Crippen MR) is 100 cm³/mol. The normalized spacial score (nSPS) is 18.3. The SMILES string of the molecule is N#CC1=CN(c2ccc(C(=O)O)cc2)C2=CC(c3ccccc3)=CCC12. The third-order valence-corrected chi connectivity index (χ3v) is 4.78. The summed E-state index contributed by atoms with van der Waals surface area (Å²) in [5.41, 5.74) is 5.15. The number of benzene rings is 2.